The number of carbonyl (C=O) groups is 1. The number of amides is 2. The summed E-state index contributed by atoms with van der Waals surface area (Å²) >= 11 is 0. The van der Waals surface area contributed by atoms with E-state index in [9.17, 15) is 9.90 Å². The zero-order chi connectivity index (χ0) is 15.0. The van der Waals surface area contributed by atoms with Crippen LogP contribution in [0.2, 0.25) is 0 Å². The number of hydrogen-bond donors (Lipinski definition) is 2. The Morgan fingerprint density at radius 1 is 1.38 bits per heavy atom. The first-order valence-electron chi connectivity index (χ1n) is 7.43. The Bertz CT molecular complexity index is 578. The number of nitrogens with two attached hydrogens (primary N) is 1. The van der Waals surface area contributed by atoms with E-state index in [4.69, 9.17) is 5.73 Å². The molecule has 1 saturated carbocycles. The van der Waals surface area contributed by atoms with Crippen LogP contribution in [-0.2, 0) is 6.42 Å². The van der Waals surface area contributed by atoms with Gasteiger partial charge in [-0.1, -0.05) is 12.1 Å². The molecule has 2 amide bonds. The number of hydrogen-bond acceptors (Lipinski definition) is 3. The number of aryl methyl sites for hydroxylation is 1. The van der Waals surface area contributed by atoms with Crippen molar-refractivity contribution in [2.24, 2.45) is 16.6 Å². The fourth-order valence-corrected chi connectivity index (χ4v) is 2.78. The number of nitrogens with zero attached hydrogens (tertiary/aromatic N) is 2. The molecule has 0 saturated heterocycles. The van der Waals surface area contributed by atoms with Crippen LogP contribution < -0.4 is 5.73 Å². The molecule has 1 aromatic rings. The van der Waals surface area contributed by atoms with Crippen molar-refractivity contribution in [1.82, 2.24) is 4.90 Å². The van der Waals surface area contributed by atoms with Crippen LogP contribution >= 0.6 is 0 Å². The SMILES string of the molecule is CC1(CCc2ccc(O)cc2)C(N)=NC(=O)N1CC1CC1. The van der Waals surface area contributed by atoms with Gasteiger partial charge in [-0.25, -0.2) is 4.79 Å². The van der Waals surface area contributed by atoms with Crippen molar-refractivity contribution in [3.05, 3.63) is 29.8 Å². The highest BCUT2D eigenvalue weighted by Crippen LogP contribution is 2.36. The van der Waals surface area contributed by atoms with Gasteiger partial charge in [0.25, 0.3) is 0 Å². The number of phenols is 1. The summed E-state index contributed by atoms with van der Waals surface area (Å²) in [5.74, 6) is 1.30. The molecule has 0 bridgehead atoms. The van der Waals surface area contributed by atoms with Crippen molar-refractivity contribution in [2.45, 2.75) is 38.1 Å². The number of aliphatic imine (C=N–C) groups is 1. The number of amidine groups is 1. The monoisotopic (exact) mass is 287 g/mol. The molecule has 1 atom stereocenters. The Morgan fingerprint density at radius 2 is 2.05 bits per heavy atom. The average Bonchev–Trinajstić information content (AvgIpc) is 3.24. The summed E-state index contributed by atoms with van der Waals surface area (Å²) in [6.45, 7) is 2.76. The summed E-state index contributed by atoms with van der Waals surface area (Å²) in [5.41, 5.74) is 6.66. The quantitative estimate of drug-likeness (QED) is 0.872. The molecule has 0 spiro atoms. The van der Waals surface area contributed by atoms with Crippen molar-refractivity contribution < 1.29 is 9.90 Å². The van der Waals surface area contributed by atoms with Gasteiger partial charge < -0.3 is 15.7 Å². The van der Waals surface area contributed by atoms with E-state index in [-0.39, 0.29) is 11.8 Å². The lowest BCUT2D eigenvalue weighted by molar-refractivity contribution is 0.169. The van der Waals surface area contributed by atoms with Gasteiger partial charge in [-0.3, -0.25) is 0 Å². The number of phenolic OH excluding ortho intramolecular Hbond substituents is 1. The molecule has 5 nitrogen and oxygen atoms in total. The smallest absolute Gasteiger partial charge is 0.346 e. The van der Waals surface area contributed by atoms with Crippen LogP contribution in [0, 0.1) is 5.92 Å². The second-order valence-electron chi connectivity index (χ2n) is 6.27. The van der Waals surface area contributed by atoms with E-state index in [1.807, 2.05) is 24.0 Å². The molecule has 0 aromatic heterocycles. The van der Waals surface area contributed by atoms with Crippen LogP contribution in [-0.4, -0.2) is 34.0 Å². The molecular formula is C16H21N3O2. The van der Waals surface area contributed by atoms with Crippen molar-refractivity contribution in [2.75, 3.05) is 6.54 Å². The third-order valence-corrected chi connectivity index (χ3v) is 4.57. The first-order chi connectivity index (χ1) is 9.99. The summed E-state index contributed by atoms with van der Waals surface area (Å²) in [6.07, 6.45) is 3.92. The Labute approximate surface area is 124 Å². The second kappa shape index (κ2) is 5.06. The highest BCUT2D eigenvalue weighted by atomic mass is 16.3. The van der Waals surface area contributed by atoms with Crippen LogP contribution in [0.15, 0.2) is 29.3 Å². The predicted molar refractivity (Wildman–Crippen MR) is 81.3 cm³/mol. The molecule has 1 unspecified atom stereocenters. The lowest BCUT2D eigenvalue weighted by Crippen LogP contribution is -2.52. The molecule has 0 radical (unpaired) electrons. The molecule has 1 fully saturated rings. The molecule has 1 aliphatic carbocycles. The fourth-order valence-electron chi connectivity index (χ4n) is 2.78. The number of rotatable bonds is 5. The van der Waals surface area contributed by atoms with Crippen molar-refractivity contribution >= 4 is 11.9 Å². The molecule has 3 rings (SSSR count). The van der Waals surface area contributed by atoms with Gasteiger partial charge in [-0.2, -0.15) is 4.99 Å². The van der Waals surface area contributed by atoms with Crippen LogP contribution in [0.4, 0.5) is 4.79 Å². The highest BCUT2D eigenvalue weighted by molar-refractivity contribution is 6.05. The summed E-state index contributed by atoms with van der Waals surface area (Å²) in [6, 6.07) is 6.95. The summed E-state index contributed by atoms with van der Waals surface area (Å²) in [7, 11) is 0. The van der Waals surface area contributed by atoms with Gasteiger partial charge in [-0.05, 0) is 56.2 Å². The van der Waals surface area contributed by atoms with Gasteiger partial charge in [0, 0.05) is 6.54 Å². The van der Waals surface area contributed by atoms with Crippen LogP contribution in [0.5, 0.6) is 5.75 Å². The number of urea groups is 1. The maximum absolute atomic E-state index is 12.0. The standard InChI is InChI=1S/C16H21N3O2/c1-16(9-8-11-4-6-13(20)7-5-11)14(17)18-15(21)19(16)10-12-2-3-12/h4-7,12,20H,2-3,8-10H2,1H3,(H2,17,18,21). The Hall–Kier alpha value is -2.04. The number of benzene rings is 1. The zero-order valence-electron chi connectivity index (χ0n) is 12.2. The molecule has 21 heavy (non-hydrogen) atoms. The van der Waals surface area contributed by atoms with E-state index in [0.717, 1.165) is 24.9 Å². The molecule has 1 heterocycles. The Morgan fingerprint density at radius 3 is 2.67 bits per heavy atom. The van der Waals surface area contributed by atoms with Gasteiger partial charge in [-0.15, -0.1) is 0 Å². The van der Waals surface area contributed by atoms with Crippen LogP contribution in [0.1, 0.15) is 31.7 Å². The topological polar surface area (TPSA) is 78.9 Å². The second-order valence-corrected chi connectivity index (χ2v) is 6.27. The van der Waals surface area contributed by atoms with E-state index < -0.39 is 5.54 Å². The minimum atomic E-state index is -0.489. The third kappa shape index (κ3) is 2.73. The average molecular weight is 287 g/mol. The van der Waals surface area contributed by atoms with Crippen LogP contribution in [0.3, 0.4) is 0 Å². The Balaban J connectivity index is 1.72. The highest BCUT2D eigenvalue weighted by Gasteiger charge is 2.45. The number of aromatic hydroxyl groups is 1. The van der Waals surface area contributed by atoms with Gasteiger partial charge in [0.05, 0.1) is 5.54 Å². The first kappa shape index (κ1) is 13.9. The maximum Gasteiger partial charge on any atom is 0.346 e. The minimum Gasteiger partial charge on any atom is -0.508 e. The summed E-state index contributed by atoms with van der Waals surface area (Å²) in [4.78, 5) is 17.9. The van der Waals surface area contributed by atoms with Gasteiger partial charge in [0.15, 0.2) is 0 Å². The van der Waals surface area contributed by atoms with E-state index >= 15 is 0 Å². The first-order valence-corrected chi connectivity index (χ1v) is 7.43. The number of carbonyl (C=O) groups excluding carboxylic acids is 1. The maximum atomic E-state index is 12.0. The normalized spacial score (nSPS) is 25.3. The predicted octanol–water partition coefficient (Wildman–Crippen LogP) is 2.29. The van der Waals surface area contributed by atoms with Crippen molar-refractivity contribution in [1.29, 1.82) is 0 Å². The van der Waals surface area contributed by atoms with Gasteiger partial charge >= 0.3 is 6.03 Å². The molecule has 1 aliphatic heterocycles. The van der Waals surface area contributed by atoms with E-state index in [1.165, 1.54) is 12.8 Å². The molecular weight excluding hydrogens is 266 g/mol. The molecule has 2 aliphatic rings. The van der Waals surface area contributed by atoms with Gasteiger partial charge in [0.1, 0.15) is 11.6 Å². The molecule has 5 heteroatoms. The van der Waals surface area contributed by atoms with E-state index in [0.29, 0.717) is 11.8 Å². The molecule has 1 aromatic carbocycles. The van der Waals surface area contributed by atoms with E-state index in [2.05, 4.69) is 4.99 Å². The largest absolute Gasteiger partial charge is 0.508 e. The van der Waals surface area contributed by atoms with Gasteiger partial charge in [0.2, 0.25) is 0 Å². The minimum absolute atomic E-state index is 0.201. The lowest BCUT2D eigenvalue weighted by Gasteiger charge is -2.35. The van der Waals surface area contributed by atoms with E-state index in [1.54, 1.807) is 12.1 Å². The van der Waals surface area contributed by atoms with Crippen molar-refractivity contribution in [3.8, 4) is 5.75 Å². The Kier molecular flexibility index (Phi) is 3.35. The fraction of sp³-hybridized carbons (Fsp3) is 0.500. The zero-order valence-corrected chi connectivity index (χ0v) is 12.2. The third-order valence-electron chi connectivity index (χ3n) is 4.57. The van der Waals surface area contributed by atoms with Crippen molar-refractivity contribution in [3.63, 3.8) is 0 Å². The summed E-state index contributed by atoms with van der Waals surface area (Å²) in [5, 5.41) is 9.32. The molecule has 3 N–H and O–H groups in total. The molecule has 112 valence electrons. The summed E-state index contributed by atoms with van der Waals surface area (Å²) < 4.78 is 0. The van der Waals surface area contributed by atoms with Crippen LogP contribution in [0.25, 0.3) is 0 Å². The lowest BCUT2D eigenvalue weighted by atomic mass is 9.91.